The molecule has 4 rings (SSSR count). The third kappa shape index (κ3) is 3.94. The van der Waals surface area contributed by atoms with Crippen molar-refractivity contribution >= 4 is 0 Å². The van der Waals surface area contributed by atoms with Gasteiger partial charge in [0.1, 0.15) is 0 Å². The van der Waals surface area contributed by atoms with Crippen LogP contribution in [0.3, 0.4) is 0 Å². The van der Waals surface area contributed by atoms with Gasteiger partial charge in [-0.25, -0.2) is 0 Å². The molecule has 3 nitrogen and oxygen atoms in total. The largest absolute Gasteiger partial charge is 0.378 e. The minimum absolute atomic E-state index is 0.382. The van der Waals surface area contributed by atoms with Crippen LogP contribution < -0.4 is 0 Å². The molecule has 0 N–H and O–H groups in total. The number of ether oxygens (including phenoxy) is 1. The second-order valence-corrected chi connectivity index (χ2v) is 10.7. The molecule has 0 aromatic carbocycles. The third-order valence-electron chi connectivity index (χ3n) is 7.73. The van der Waals surface area contributed by atoms with E-state index in [1.807, 2.05) is 0 Å². The Morgan fingerprint density at radius 3 is 2.16 bits per heavy atom. The van der Waals surface area contributed by atoms with Gasteiger partial charge in [0.15, 0.2) is 0 Å². The molecule has 2 aliphatic carbocycles. The van der Waals surface area contributed by atoms with Gasteiger partial charge in [-0.2, -0.15) is 0 Å². The first-order valence-electron chi connectivity index (χ1n) is 11.0. The van der Waals surface area contributed by atoms with Crippen LogP contribution in [0.15, 0.2) is 0 Å². The lowest BCUT2D eigenvalue weighted by atomic mass is 9.59. The Hall–Kier alpha value is -0.120. The second kappa shape index (κ2) is 6.80. The van der Waals surface area contributed by atoms with Gasteiger partial charge in [-0.15, -0.1) is 0 Å². The molecule has 2 saturated carbocycles. The van der Waals surface area contributed by atoms with Gasteiger partial charge >= 0.3 is 0 Å². The van der Waals surface area contributed by atoms with Crippen LogP contribution in [0.2, 0.25) is 0 Å². The van der Waals surface area contributed by atoms with Crippen LogP contribution in [0.25, 0.3) is 0 Å². The van der Waals surface area contributed by atoms with Gasteiger partial charge in [0.05, 0.1) is 12.7 Å². The van der Waals surface area contributed by atoms with Crippen LogP contribution in [-0.2, 0) is 4.74 Å². The van der Waals surface area contributed by atoms with E-state index in [0.29, 0.717) is 16.9 Å². The van der Waals surface area contributed by atoms with E-state index in [-0.39, 0.29) is 0 Å². The van der Waals surface area contributed by atoms with Crippen molar-refractivity contribution in [2.45, 2.75) is 78.4 Å². The van der Waals surface area contributed by atoms with Crippen LogP contribution in [-0.4, -0.2) is 61.3 Å². The number of nitrogens with zero attached hydrogens (tertiary/aromatic N) is 2. The van der Waals surface area contributed by atoms with Crippen LogP contribution >= 0.6 is 0 Å². The summed E-state index contributed by atoms with van der Waals surface area (Å²) in [4.78, 5) is 5.56. The van der Waals surface area contributed by atoms with Gasteiger partial charge in [0, 0.05) is 31.1 Å². The molecule has 0 atom stereocenters. The van der Waals surface area contributed by atoms with E-state index in [4.69, 9.17) is 4.74 Å². The molecule has 0 bridgehead atoms. The van der Waals surface area contributed by atoms with E-state index >= 15 is 0 Å². The third-order valence-corrected chi connectivity index (χ3v) is 7.73. The number of hydrogen-bond acceptors (Lipinski definition) is 3. The van der Waals surface area contributed by atoms with Crippen LogP contribution in [0, 0.1) is 22.7 Å². The lowest BCUT2D eigenvalue weighted by Crippen LogP contribution is -2.67. The lowest BCUT2D eigenvalue weighted by molar-refractivity contribution is -0.123. The molecular formula is C22H40N2O. The van der Waals surface area contributed by atoms with Crippen molar-refractivity contribution in [3.8, 4) is 0 Å². The van der Waals surface area contributed by atoms with E-state index < -0.39 is 0 Å². The van der Waals surface area contributed by atoms with Gasteiger partial charge < -0.3 is 14.5 Å². The zero-order chi connectivity index (χ0) is 17.7. The summed E-state index contributed by atoms with van der Waals surface area (Å²) in [6.45, 7) is 16.9. The Kier molecular flexibility index (Phi) is 4.96. The minimum atomic E-state index is 0.382. The van der Waals surface area contributed by atoms with E-state index in [2.05, 4.69) is 37.5 Å². The monoisotopic (exact) mass is 348 g/mol. The molecule has 1 spiro atoms. The van der Waals surface area contributed by atoms with Crippen LogP contribution in [0.1, 0.15) is 66.2 Å². The Morgan fingerprint density at radius 2 is 1.64 bits per heavy atom. The maximum absolute atomic E-state index is 5.92. The molecule has 4 aliphatic rings. The molecule has 144 valence electrons. The quantitative estimate of drug-likeness (QED) is 0.691. The summed E-state index contributed by atoms with van der Waals surface area (Å²) in [6, 6.07) is 0.912. The zero-order valence-corrected chi connectivity index (χ0v) is 17.1. The van der Waals surface area contributed by atoms with Crippen molar-refractivity contribution in [1.82, 2.24) is 9.80 Å². The van der Waals surface area contributed by atoms with E-state index in [0.717, 1.165) is 24.5 Å². The molecule has 4 fully saturated rings. The van der Waals surface area contributed by atoms with Crippen molar-refractivity contribution in [3.63, 3.8) is 0 Å². The Labute approximate surface area is 155 Å². The highest BCUT2D eigenvalue weighted by Gasteiger charge is 2.56. The van der Waals surface area contributed by atoms with Gasteiger partial charge in [-0.3, -0.25) is 0 Å². The van der Waals surface area contributed by atoms with Crippen molar-refractivity contribution < 1.29 is 4.74 Å². The molecule has 0 aromatic rings. The van der Waals surface area contributed by atoms with Crippen molar-refractivity contribution in [3.05, 3.63) is 0 Å². The predicted molar refractivity (Wildman–Crippen MR) is 104 cm³/mol. The van der Waals surface area contributed by atoms with Gasteiger partial charge in [-0.05, 0) is 82.7 Å². The molecule has 2 saturated heterocycles. The fourth-order valence-electron chi connectivity index (χ4n) is 5.76. The summed E-state index contributed by atoms with van der Waals surface area (Å²) in [5, 5.41) is 0. The second-order valence-electron chi connectivity index (χ2n) is 10.7. The molecule has 0 aromatic heterocycles. The first kappa shape index (κ1) is 18.3. The average molecular weight is 349 g/mol. The molecule has 25 heavy (non-hydrogen) atoms. The van der Waals surface area contributed by atoms with Crippen molar-refractivity contribution in [2.24, 2.45) is 22.7 Å². The highest BCUT2D eigenvalue weighted by Crippen LogP contribution is 2.54. The SMILES string of the molecule is CC(C)OCC1(CN2CC3(CC(N4CCC(C(C)C)CC4)C3)C2)CC1. The van der Waals surface area contributed by atoms with Gasteiger partial charge in [0.25, 0.3) is 0 Å². The fourth-order valence-corrected chi connectivity index (χ4v) is 5.76. The minimum Gasteiger partial charge on any atom is -0.378 e. The Morgan fingerprint density at radius 1 is 1.00 bits per heavy atom. The molecular weight excluding hydrogens is 308 g/mol. The molecule has 3 heteroatoms. The fraction of sp³-hybridized carbons (Fsp3) is 1.00. The standard InChI is InChI=1S/C22H40N2O/c1-17(2)19-5-9-24(10-6-19)20-11-22(12-20)14-23(15-22)13-21(7-8-21)16-25-18(3)4/h17-20H,5-16H2,1-4H3. The highest BCUT2D eigenvalue weighted by atomic mass is 16.5. The molecule has 2 heterocycles. The first-order chi connectivity index (χ1) is 11.9. The van der Waals surface area contributed by atoms with Crippen LogP contribution in [0.5, 0.6) is 0 Å². The molecule has 0 radical (unpaired) electrons. The summed E-state index contributed by atoms with van der Waals surface area (Å²) in [6.07, 6.45) is 8.98. The summed E-state index contributed by atoms with van der Waals surface area (Å²) in [5.74, 6) is 1.86. The normalized spacial score (nSPS) is 30.0. The smallest absolute Gasteiger partial charge is 0.0538 e. The first-order valence-corrected chi connectivity index (χ1v) is 11.0. The number of rotatable bonds is 7. The topological polar surface area (TPSA) is 15.7 Å². The number of hydrogen-bond donors (Lipinski definition) is 0. The van der Waals surface area contributed by atoms with E-state index in [9.17, 15) is 0 Å². The van der Waals surface area contributed by atoms with E-state index in [1.165, 1.54) is 71.2 Å². The molecule has 0 unspecified atom stereocenters. The molecule has 2 aliphatic heterocycles. The van der Waals surface area contributed by atoms with Crippen molar-refractivity contribution in [2.75, 3.05) is 39.3 Å². The number of likely N-dealkylation sites (tertiary alicyclic amines) is 2. The zero-order valence-electron chi connectivity index (χ0n) is 17.1. The van der Waals surface area contributed by atoms with Gasteiger partial charge in [0.2, 0.25) is 0 Å². The maximum atomic E-state index is 5.92. The summed E-state index contributed by atoms with van der Waals surface area (Å²) < 4.78 is 5.92. The predicted octanol–water partition coefficient (Wildman–Crippen LogP) is 4.02. The number of piperidine rings is 1. The summed E-state index contributed by atoms with van der Waals surface area (Å²) >= 11 is 0. The lowest BCUT2D eigenvalue weighted by Gasteiger charge is -2.62. The van der Waals surface area contributed by atoms with Gasteiger partial charge in [-0.1, -0.05) is 13.8 Å². The Bertz CT molecular complexity index is 449. The maximum Gasteiger partial charge on any atom is 0.0538 e. The average Bonchev–Trinajstić information content (AvgIpc) is 3.27. The van der Waals surface area contributed by atoms with E-state index in [1.54, 1.807) is 0 Å². The summed E-state index contributed by atoms with van der Waals surface area (Å²) in [7, 11) is 0. The van der Waals surface area contributed by atoms with Crippen LogP contribution in [0.4, 0.5) is 0 Å². The van der Waals surface area contributed by atoms with Crippen molar-refractivity contribution in [1.29, 1.82) is 0 Å². The Balaban J connectivity index is 1.15. The summed E-state index contributed by atoms with van der Waals surface area (Å²) in [5.41, 5.74) is 1.22. The highest BCUT2D eigenvalue weighted by molar-refractivity contribution is 5.10. The molecule has 0 amide bonds.